The van der Waals surface area contributed by atoms with Gasteiger partial charge in [0, 0.05) is 36.7 Å². The first-order valence-electron chi connectivity index (χ1n) is 13.2. The molecule has 1 N–H and O–H groups in total. The normalized spacial score (nSPS) is 22.6. The molecule has 0 saturated carbocycles. The molecule has 5 rings (SSSR count). The van der Waals surface area contributed by atoms with Gasteiger partial charge >= 0.3 is 12.4 Å². The third kappa shape index (κ3) is 5.54. The molecule has 2 saturated heterocycles. The summed E-state index contributed by atoms with van der Waals surface area (Å²) in [6.07, 6.45) is -8.77. The molecule has 2 aliphatic rings. The third-order valence-corrected chi connectivity index (χ3v) is 9.98. The van der Waals surface area contributed by atoms with Gasteiger partial charge in [0.15, 0.2) is 0 Å². The molecule has 0 radical (unpaired) electrons. The summed E-state index contributed by atoms with van der Waals surface area (Å²) in [5.74, 6) is -1.83. The Balaban J connectivity index is 1.46. The molecule has 226 valence electrons. The molecule has 3 aromatic carbocycles. The van der Waals surface area contributed by atoms with Gasteiger partial charge in [0.1, 0.15) is 5.82 Å². The summed E-state index contributed by atoms with van der Waals surface area (Å²) in [5.41, 5.74) is -2.04. The third-order valence-electron chi connectivity index (χ3n) is 8.05. The lowest BCUT2D eigenvalue weighted by Gasteiger charge is -2.57. The molecule has 0 aliphatic carbocycles. The van der Waals surface area contributed by atoms with E-state index in [4.69, 9.17) is 0 Å². The van der Waals surface area contributed by atoms with Crippen molar-refractivity contribution in [1.82, 2.24) is 9.21 Å². The van der Waals surface area contributed by atoms with E-state index >= 15 is 0 Å². The Bertz CT molecular complexity index is 1540. The molecule has 2 aliphatic heterocycles. The number of halogens is 7. The van der Waals surface area contributed by atoms with Gasteiger partial charge in [-0.05, 0) is 48.7 Å². The highest BCUT2D eigenvalue weighted by Crippen LogP contribution is 2.44. The number of sulfonamides is 1. The lowest BCUT2D eigenvalue weighted by Crippen LogP contribution is -2.67. The Labute approximate surface area is 238 Å². The van der Waals surface area contributed by atoms with Gasteiger partial charge in [0.25, 0.3) is 0 Å². The molecule has 13 heteroatoms. The van der Waals surface area contributed by atoms with Crippen LogP contribution >= 0.6 is 0 Å². The average molecular weight is 617 g/mol. The number of benzene rings is 3. The van der Waals surface area contributed by atoms with Crippen LogP contribution in [0.3, 0.4) is 0 Å². The van der Waals surface area contributed by atoms with Gasteiger partial charge in [-0.15, -0.1) is 0 Å². The molecule has 0 bridgehead atoms. The van der Waals surface area contributed by atoms with Gasteiger partial charge in [-0.25, -0.2) is 12.8 Å². The van der Waals surface area contributed by atoms with Gasteiger partial charge in [0.2, 0.25) is 10.0 Å². The Morgan fingerprint density at radius 3 is 2.07 bits per heavy atom. The van der Waals surface area contributed by atoms with Crippen molar-refractivity contribution in [1.29, 1.82) is 0 Å². The molecule has 5 nitrogen and oxygen atoms in total. The fourth-order valence-electron chi connectivity index (χ4n) is 6.05. The first kappa shape index (κ1) is 30.5. The molecule has 3 aromatic rings. The standard InChI is InChI=1S/C29H27F7N2O3S/c30-27-20(6-5-8-22(27)29(34,35)36)18-10-12-19(13-11-18)26-23-16-37(14-3-4-15-38(23)24(26)17-39)42(40,41)25-9-2-1-7-21(25)28(31,32)33/h1-2,5-13,23-24,26,39H,3-4,14-17H2/t23-,24?,26-/m0/s1. The van der Waals surface area contributed by atoms with Gasteiger partial charge < -0.3 is 5.11 Å². The monoisotopic (exact) mass is 616 g/mol. The highest BCUT2D eigenvalue weighted by atomic mass is 32.2. The number of rotatable bonds is 5. The maximum absolute atomic E-state index is 14.7. The van der Waals surface area contributed by atoms with Crippen molar-refractivity contribution in [2.24, 2.45) is 0 Å². The van der Waals surface area contributed by atoms with Gasteiger partial charge in [-0.1, -0.05) is 48.5 Å². The number of hydrogen-bond acceptors (Lipinski definition) is 4. The van der Waals surface area contributed by atoms with Crippen LogP contribution in [0.1, 0.15) is 35.4 Å². The van der Waals surface area contributed by atoms with Crippen LogP contribution in [0.15, 0.2) is 71.6 Å². The van der Waals surface area contributed by atoms with E-state index in [2.05, 4.69) is 0 Å². The topological polar surface area (TPSA) is 60.9 Å². The van der Waals surface area contributed by atoms with E-state index in [-0.39, 0.29) is 30.8 Å². The Kier molecular flexibility index (Phi) is 8.16. The van der Waals surface area contributed by atoms with Crippen LogP contribution in [0.4, 0.5) is 30.7 Å². The quantitative estimate of drug-likeness (QED) is 0.350. The summed E-state index contributed by atoms with van der Waals surface area (Å²) in [6, 6.07) is 12.3. The van der Waals surface area contributed by atoms with E-state index in [9.17, 15) is 44.3 Å². The van der Waals surface area contributed by atoms with E-state index in [1.807, 2.05) is 4.90 Å². The summed E-state index contributed by atoms with van der Waals surface area (Å²) in [5, 5.41) is 10.2. The predicted octanol–water partition coefficient (Wildman–Crippen LogP) is 6.14. The van der Waals surface area contributed by atoms with Crippen molar-refractivity contribution in [3.63, 3.8) is 0 Å². The molecule has 0 aromatic heterocycles. The fraction of sp³-hybridized carbons (Fsp3) is 0.379. The number of alkyl halides is 6. The van der Waals surface area contributed by atoms with Crippen LogP contribution in [0.25, 0.3) is 11.1 Å². The zero-order valence-corrected chi connectivity index (χ0v) is 22.9. The lowest BCUT2D eigenvalue weighted by atomic mass is 9.74. The van der Waals surface area contributed by atoms with Crippen molar-refractivity contribution in [2.75, 3.05) is 26.2 Å². The molecule has 1 unspecified atom stereocenters. The number of nitrogens with zero attached hydrogens (tertiary/aromatic N) is 2. The van der Waals surface area contributed by atoms with E-state index in [0.29, 0.717) is 31.0 Å². The Hall–Kier alpha value is -3.00. The van der Waals surface area contributed by atoms with Crippen LogP contribution in [-0.2, 0) is 22.4 Å². The minimum Gasteiger partial charge on any atom is -0.395 e. The summed E-state index contributed by atoms with van der Waals surface area (Å²) in [6.45, 7) is 0.171. The minimum absolute atomic E-state index is 0.0170. The fourth-order valence-corrected chi connectivity index (χ4v) is 7.76. The van der Waals surface area contributed by atoms with Crippen LogP contribution < -0.4 is 0 Å². The van der Waals surface area contributed by atoms with Gasteiger partial charge in [0.05, 0.1) is 22.6 Å². The molecule has 3 atom stereocenters. The molecule has 42 heavy (non-hydrogen) atoms. The second-order valence-electron chi connectivity index (χ2n) is 10.4. The summed E-state index contributed by atoms with van der Waals surface area (Å²) < 4.78 is 124. The molecule has 0 spiro atoms. The first-order chi connectivity index (χ1) is 19.7. The number of aliphatic hydroxyl groups is 1. The predicted molar refractivity (Wildman–Crippen MR) is 140 cm³/mol. The first-order valence-corrected chi connectivity index (χ1v) is 14.7. The van der Waals surface area contributed by atoms with Crippen LogP contribution in [0, 0.1) is 5.82 Å². The maximum atomic E-state index is 14.7. The van der Waals surface area contributed by atoms with Crippen molar-refractivity contribution in [3.05, 3.63) is 89.2 Å². The molecular formula is C29H27F7N2O3S. The second-order valence-corrected chi connectivity index (χ2v) is 12.3. The smallest absolute Gasteiger partial charge is 0.395 e. The average Bonchev–Trinajstić information content (AvgIpc) is 2.91. The highest BCUT2D eigenvalue weighted by Gasteiger charge is 2.51. The zero-order valence-electron chi connectivity index (χ0n) is 22.0. The number of fused-ring (bicyclic) bond motifs is 1. The van der Waals surface area contributed by atoms with Gasteiger partial charge in [-0.3, -0.25) is 4.90 Å². The lowest BCUT2D eigenvalue weighted by molar-refractivity contribution is -0.140. The van der Waals surface area contributed by atoms with Crippen LogP contribution in [0.5, 0.6) is 0 Å². The highest BCUT2D eigenvalue weighted by molar-refractivity contribution is 7.89. The Morgan fingerprint density at radius 2 is 1.43 bits per heavy atom. The molecular weight excluding hydrogens is 589 g/mol. The summed E-state index contributed by atoms with van der Waals surface area (Å²) >= 11 is 0. The largest absolute Gasteiger partial charge is 0.419 e. The Morgan fingerprint density at radius 1 is 0.810 bits per heavy atom. The zero-order chi connectivity index (χ0) is 30.4. The van der Waals surface area contributed by atoms with Crippen molar-refractivity contribution in [2.45, 2.75) is 48.1 Å². The number of hydrogen-bond donors (Lipinski definition) is 1. The SMILES string of the molecule is O=S(=O)(c1ccccc1C(F)(F)F)N1CCCCN2C(CO)[C@@H](c3ccc(-c4cccc(C(F)(F)F)c4F)cc3)[C@@H]2C1. The molecule has 2 heterocycles. The summed E-state index contributed by atoms with van der Waals surface area (Å²) in [4.78, 5) is 1.11. The van der Waals surface area contributed by atoms with Crippen molar-refractivity contribution in [3.8, 4) is 11.1 Å². The van der Waals surface area contributed by atoms with E-state index in [0.717, 1.165) is 28.6 Å². The summed E-state index contributed by atoms with van der Waals surface area (Å²) in [7, 11) is -4.54. The second kappa shape index (κ2) is 11.3. The van der Waals surface area contributed by atoms with Crippen molar-refractivity contribution < 1.29 is 44.3 Å². The van der Waals surface area contributed by atoms with E-state index in [1.54, 1.807) is 12.1 Å². The van der Waals surface area contributed by atoms with Gasteiger partial charge in [-0.2, -0.15) is 30.6 Å². The maximum Gasteiger partial charge on any atom is 0.419 e. The van der Waals surface area contributed by atoms with Crippen LogP contribution in [-0.4, -0.2) is 61.1 Å². The number of aliphatic hydroxyl groups excluding tert-OH is 1. The molecule has 2 fully saturated rings. The van der Waals surface area contributed by atoms with E-state index in [1.165, 1.54) is 24.3 Å². The van der Waals surface area contributed by atoms with Crippen molar-refractivity contribution >= 4 is 10.0 Å². The minimum atomic E-state index is -4.87. The van der Waals surface area contributed by atoms with Crippen LogP contribution in [0.2, 0.25) is 0 Å². The van der Waals surface area contributed by atoms with E-state index < -0.39 is 62.2 Å². The molecule has 0 amide bonds.